The summed E-state index contributed by atoms with van der Waals surface area (Å²) in [6.07, 6.45) is 8.07. The first-order chi connectivity index (χ1) is 16.8. The van der Waals surface area contributed by atoms with E-state index in [9.17, 15) is 18.0 Å². The summed E-state index contributed by atoms with van der Waals surface area (Å²) in [5.41, 5.74) is 1.25. The molecule has 4 rings (SSSR count). The van der Waals surface area contributed by atoms with E-state index in [1.165, 1.54) is 29.3 Å². The van der Waals surface area contributed by atoms with Gasteiger partial charge in [-0.2, -0.15) is 0 Å². The molecule has 0 aromatic carbocycles. The number of hydrogen-bond donors (Lipinski definition) is 3. The van der Waals surface area contributed by atoms with E-state index in [2.05, 4.69) is 30.3 Å². The lowest BCUT2D eigenvalue weighted by molar-refractivity contribution is 0.0917. The zero-order valence-electron chi connectivity index (χ0n) is 18.9. The first-order valence-corrected chi connectivity index (χ1v) is 14.4. The summed E-state index contributed by atoms with van der Waals surface area (Å²) in [4.78, 5) is 38.1. The molecule has 3 N–H and O–H groups in total. The number of rotatable bonds is 9. The molecule has 1 saturated carbocycles. The van der Waals surface area contributed by atoms with Crippen molar-refractivity contribution in [1.82, 2.24) is 19.7 Å². The second kappa shape index (κ2) is 11.2. The van der Waals surface area contributed by atoms with Crippen molar-refractivity contribution in [1.29, 1.82) is 0 Å². The van der Waals surface area contributed by atoms with Gasteiger partial charge in [-0.25, -0.2) is 27.9 Å². The molecule has 1 aliphatic rings. The van der Waals surface area contributed by atoms with Crippen LogP contribution in [0.1, 0.15) is 41.9 Å². The number of carbonyl (C=O) groups is 2. The zero-order valence-corrected chi connectivity index (χ0v) is 21.3. The Morgan fingerprint density at radius 1 is 1.11 bits per heavy atom. The van der Waals surface area contributed by atoms with E-state index in [-0.39, 0.29) is 18.2 Å². The highest BCUT2D eigenvalue weighted by molar-refractivity contribution is 8.01. The molecule has 0 atom stereocenters. The number of nitrogens with zero attached hydrogens (tertiary/aromatic N) is 3. The van der Waals surface area contributed by atoms with Gasteiger partial charge in [0.25, 0.3) is 0 Å². The average Bonchev–Trinajstić information content (AvgIpc) is 3.48. The SMILES string of the molecule is CS(=O)(=O)NCc1nc(NC(=O)Nc2ccnc(C(=O)C3CCCC3)c2)sc1Sc1ccccn1. The van der Waals surface area contributed by atoms with E-state index in [0.717, 1.165) is 31.9 Å². The van der Waals surface area contributed by atoms with Crippen LogP contribution in [0.3, 0.4) is 0 Å². The van der Waals surface area contributed by atoms with Gasteiger partial charge < -0.3 is 5.32 Å². The molecule has 0 radical (unpaired) electrons. The smallest absolute Gasteiger partial charge is 0.308 e. The van der Waals surface area contributed by atoms with Crippen molar-refractivity contribution >= 4 is 55.8 Å². The molecule has 3 heterocycles. The minimum absolute atomic E-state index is 0.00381. The lowest BCUT2D eigenvalue weighted by Crippen LogP contribution is -2.22. The topological polar surface area (TPSA) is 143 Å². The molecule has 0 saturated heterocycles. The Labute approximate surface area is 211 Å². The first-order valence-electron chi connectivity index (χ1n) is 10.9. The molecule has 13 heteroatoms. The highest BCUT2D eigenvalue weighted by Crippen LogP contribution is 2.36. The Morgan fingerprint density at radius 2 is 1.91 bits per heavy atom. The molecule has 35 heavy (non-hydrogen) atoms. The molecule has 3 aromatic rings. The van der Waals surface area contributed by atoms with Gasteiger partial charge in [0.1, 0.15) is 10.7 Å². The largest absolute Gasteiger partial charge is 0.325 e. The predicted molar refractivity (Wildman–Crippen MR) is 135 cm³/mol. The lowest BCUT2D eigenvalue weighted by atomic mass is 9.99. The summed E-state index contributed by atoms with van der Waals surface area (Å²) in [5.74, 6) is 0.00146. The van der Waals surface area contributed by atoms with Crippen LogP contribution >= 0.6 is 23.1 Å². The minimum atomic E-state index is -3.43. The number of aromatic nitrogens is 3. The third kappa shape index (κ3) is 7.31. The number of pyridine rings is 2. The summed E-state index contributed by atoms with van der Waals surface area (Å²) in [7, 11) is -3.43. The molecule has 1 fully saturated rings. The van der Waals surface area contributed by atoms with Crippen molar-refractivity contribution in [3.05, 3.63) is 54.1 Å². The van der Waals surface area contributed by atoms with Crippen LogP contribution in [0, 0.1) is 5.92 Å². The van der Waals surface area contributed by atoms with Gasteiger partial charge in [0.2, 0.25) is 10.0 Å². The molecule has 184 valence electrons. The quantitative estimate of drug-likeness (QED) is 0.349. The number of urea groups is 1. The van der Waals surface area contributed by atoms with Crippen LogP contribution in [-0.4, -0.2) is 41.4 Å². The lowest BCUT2D eigenvalue weighted by Gasteiger charge is -2.09. The standard InChI is InChI=1S/C22H24N6O4S3/c1-35(31,32)25-13-17-20(33-18-8-4-5-10-24-18)34-22(27-17)28-21(30)26-15-9-11-23-16(12-15)19(29)14-6-2-3-7-14/h4-5,8-12,14,25H,2-3,6-7,13H2,1H3,(H2,23,26,27,28,30). The van der Waals surface area contributed by atoms with Crippen molar-refractivity contribution in [3.63, 3.8) is 0 Å². The van der Waals surface area contributed by atoms with Crippen LogP contribution in [0.2, 0.25) is 0 Å². The van der Waals surface area contributed by atoms with Crippen LogP contribution in [0.4, 0.5) is 15.6 Å². The number of nitrogens with one attached hydrogen (secondary N) is 3. The van der Waals surface area contributed by atoms with Crippen molar-refractivity contribution in [2.75, 3.05) is 16.9 Å². The number of ketones is 1. The van der Waals surface area contributed by atoms with Gasteiger partial charge in [-0.1, -0.05) is 42.0 Å². The van der Waals surface area contributed by atoms with E-state index in [1.807, 2.05) is 12.1 Å². The zero-order chi connectivity index (χ0) is 24.8. The second-order valence-corrected chi connectivity index (χ2v) is 12.1. The maximum absolute atomic E-state index is 12.6. The summed E-state index contributed by atoms with van der Waals surface area (Å²) in [6.45, 7) is -0.0230. The number of Topliss-reactive ketones (excluding diaryl/α,β-unsaturated/α-hetero) is 1. The number of anilines is 2. The molecule has 3 aromatic heterocycles. The number of sulfonamides is 1. The summed E-state index contributed by atoms with van der Waals surface area (Å²) in [5, 5.41) is 6.39. The number of thiazole rings is 1. The summed E-state index contributed by atoms with van der Waals surface area (Å²) in [6, 6.07) is 8.11. The van der Waals surface area contributed by atoms with Crippen molar-refractivity contribution in [2.24, 2.45) is 5.92 Å². The Kier molecular flexibility index (Phi) is 8.11. The fourth-order valence-electron chi connectivity index (χ4n) is 3.58. The number of carbonyl (C=O) groups excluding carboxylic acids is 2. The van der Waals surface area contributed by atoms with E-state index in [1.54, 1.807) is 24.4 Å². The van der Waals surface area contributed by atoms with Crippen LogP contribution < -0.4 is 15.4 Å². The monoisotopic (exact) mass is 532 g/mol. The van der Waals surface area contributed by atoms with Crippen LogP contribution in [0.15, 0.2) is 52.0 Å². The van der Waals surface area contributed by atoms with Crippen molar-refractivity contribution in [2.45, 2.75) is 41.5 Å². The highest BCUT2D eigenvalue weighted by Gasteiger charge is 2.25. The fraction of sp³-hybridized carbons (Fsp3) is 0.318. The Morgan fingerprint density at radius 3 is 2.63 bits per heavy atom. The Hall–Kier alpha value is -2.87. The fourth-order valence-corrected chi connectivity index (χ4v) is 6.04. The average molecular weight is 533 g/mol. The van der Waals surface area contributed by atoms with Crippen molar-refractivity contribution < 1.29 is 18.0 Å². The summed E-state index contributed by atoms with van der Waals surface area (Å²) >= 11 is 2.53. The van der Waals surface area contributed by atoms with Crippen LogP contribution in [-0.2, 0) is 16.6 Å². The number of amides is 2. The number of hydrogen-bond acceptors (Lipinski definition) is 9. The summed E-state index contributed by atoms with van der Waals surface area (Å²) < 4.78 is 26.2. The van der Waals surface area contributed by atoms with Gasteiger partial charge >= 0.3 is 6.03 Å². The molecule has 2 amide bonds. The third-order valence-electron chi connectivity index (χ3n) is 5.22. The van der Waals surface area contributed by atoms with Gasteiger partial charge in [0.05, 0.1) is 22.7 Å². The predicted octanol–water partition coefficient (Wildman–Crippen LogP) is 4.15. The van der Waals surface area contributed by atoms with Gasteiger partial charge in [-0.05, 0) is 37.1 Å². The molecule has 0 bridgehead atoms. The second-order valence-electron chi connectivity index (χ2n) is 7.97. The third-order valence-corrected chi connectivity index (χ3v) is 8.06. The molecule has 0 spiro atoms. The maximum atomic E-state index is 12.6. The maximum Gasteiger partial charge on any atom is 0.325 e. The van der Waals surface area contributed by atoms with E-state index < -0.39 is 16.1 Å². The molecule has 10 nitrogen and oxygen atoms in total. The van der Waals surface area contributed by atoms with E-state index in [4.69, 9.17) is 0 Å². The van der Waals surface area contributed by atoms with Crippen LogP contribution in [0.25, 0.3) is 0 Å². The molecule has 0 aliphatic heterocycles. The van der Waals surface area contributed by atoms with Gasteiger partial charge in [0.15, 0.2) is 10.9 Å². The van der Waals surface area contributed by atoms with Gasteiger partial charge in [-0.3, -0.25) is 15.1 Å². The normalized spacial score (nSPS) is 14.1. The van der Waals surface area contributed by atoms with Gasteiger partial charge in [-0.15, -0.1) is 0 Å². The molecule has 1 aliphatic carbocycles. The molecular formula is C22H24N6O4S3. The molecule has 0 unspecified atom stereocenters. The molecular weight excluding hydrogens is 508 g/mol. The first kappa shape index (κ1) is 25.2. The highest BCUT2D eigenvalue weighted by atomic mass is 32.2. The minimum Gasteiger partial charge on any atom is -0.308 e. The Bertz CT molecular complexity index is 1310. The Balaban J connectivity index is 1.45. The van der Waals surface area contributed by atoms with E-state index in [0.29, 0.717) is 31.4 Å². The van der Waals surface area contributed by atoms with E-state index >= 15 is 0 Å². The van der Waals surface area contributed by atoms with Crippen molar-refractivity contribution in [3.8, 4) is 0 Å². The van der Waals surface area contributed by atoms with Gasteiger partial charge in [0, 0.05) is 24.0 Å². The van der Waals surface area contributed by atoms with Crippen LogP contribution in [0.5, 0.6) is 0 Å².